The largest absolute Gasteiger partial charge is 0.486 e. The molecule has 2 aromatic carbocycles. The number of hydrogen-bond donors (Lipinski definition) is 2. The van der Waals surface area contributed by atoms with E-state index in [4.69, 9.17) is 21.5 Å². The number of ether oxygens (including phenoxy) is 1. The van der Waals surface area contributed by atoms with Crippen LogP contribution < -0.4 is 15.4 Å². The Morgan fingerprint density at radius 1 is 1.15 bits per heavy atom. The molecule has 27 heavy (non-hydrogen) atoms. The number of hydrogen-bond acceptors (Lipinski definition) is 5. The van der Waals surface area contributed by atoms with E-state index >= 15 is 0 Å². The van der Waals surface area contributed by atoms with Gasteiger partial charge in [0.15, 0.2) is 10.8 Å². The number of rotatable bonds is 5. The lowest BCUT2D eigenvalue weighted by Crippen LogP contribution is -2.34. The number of nitrogens with one attached hydrogen (secondary N) is 2. The van der Waals surface area contributed by atoms with Crippen molar-refractivity contribution in [2.75, 3.05) is 5.32 Å². The van der Waals surface area contributed by atoms with Gasteiger partial charge in [0.25, 0.3) is 5.91 Å². The van der Waals surface area contributed by atoms with Gasteiger partial charge in [-0.25, -0.2) is 0 Å². The van der Waals surface area contributed by atoms with E-state index < -0.39 is 5.91 Å². The Morgan fingerprint density at radius 3 is 2.63 bits per heavy atom. The van der Waals surface area contributed by atoms with Crippen molar-refractivity contribution in [3.63, 3.8) is 0 Å². The van der Waals surface area contributed by atoms with Gasteiger partial charge in [0.2, 0.25) is 0 Å². The van der Waals surface area contributed by atoms with Crippen molar-refractivity contribution in [1.82, 2.24) is 10.5 Å². The third-order valence-electron chi connectivity index (χ3n) is 3.76. The second-order valence-electron chi connectivity index (χ2n) is 5.93. The second kappa shape index (κ2) is 8.46. The maximum atomic E-state index is 12.0. The van der Waals surface area contributed by atoms with Crippen molar-refractivity contribution < 1.29 is 14.1 Å². The monoisotopic (exact) mass is 381 g/mol. The van der Waals surface area contributed by atoms with Gasteiger partial charge in [0, 0.05) is 17.8 Å². The van der Waals surface area contributed by atoms with Gasteiger partial charge in [-0.15, -0.1) is 0 Å². The number of amides is 1. The molecule has 2 N–H and O–H groups in total. The minimum Gasteiger partial charge on any atom is -0.486 e. The standard InChI is InChI=1S/C20H19N3O3S/c1-13-11-18(23-26-13)19(24)22-20(27)21-16-9-6-10-17(12-16)25-14(2)15-7-4-3-5-8-15/h3-12,14H,1-2H3,(H2,21,22,24,27)/t14-/m1/s1. The Labute approximate surface area is 162 Å². The van der Waals surface area contributed by atoms with E-state index in [1.165, 1.54) is 6.07 Å². The third-order valence-corrected chi connectivity index (χ3v) is 3.97. The van der Waals surface area contributed by atoms with Gasteiger partial charge in [-0.2, -0.15) is 0 Å². The Balaban J connectivity index is 1.60. The Bertz CT molecular complexity index is 940. The van der Waals surface area contributed by atoms with Crippen LogP contribution in [0.15, 0.2) is 65.2 Å². The van der Waals surface area contributed by atoms with E-state index in [9.17, 15) is 4.79 Å². The minimum atomic E-state index is -0.436. The summed E-state index contributed by atoms with van der Waals surface area (Å²) in [6, 6.07) is 18.9. The molecule has 0 saturated heterocycles. The lowest BCUT2D eigenvalue weighted by molar-refractivity contribution is 0.0969. The Kier molecular flexibility index (Phi) is 5.83. The second-order valence-corrected chi connectivity index (χ2v) is 6.34. The smallest absolute Gasteiger partial charge is 0.279 e. The van der Waals surface area contributed by atoms with Crippen molar-refractivity contribution in [3.05, 3.63) is 77.7 Å². The van der Waals surface area contributed by atoms with Gasteiger partial charge in [-0.1, -0.05) is 41.6 Å². The highest BCUT2D eigenvalue weighted by Crippen LogP contribution is 2.24. The van der Waals surface area contributed by atoms with E-state index in [0.717, 1.165) is 5.56 Å². The van der Waals surface area contributed by atoms with Crippen LogP contribution >= 0.6 is 12.2 Å². The SMILES string of the molecule is Cc1cc(C(=O)NC(=S)Nc2cccc(O[C@H](C)c3ccccc3)c2)no1. The third kappa shape index (κ3) is 5.15. The molecule has 0 fully saturated rings. The van der Waals surface area contributed by atoms with Gasteiger partial charge >= 0.3 is 0 Å². The molecule has 0 unspecified atom stereocenters. The highest BCUT2D eigenvalue weighted by Gasteiger charge is 2.13. The van der Waals surface area contributed by atoms with Crippen LogP contribution in [0.1, 0.15) is 34.8 Å². The molecule has 0 radical (unpaired) electrons. The molecule has 1 aromatic heterocycles. The van der Waals surface area contributed by atoms with Crippen LogP contribution in [0.5, 0.6) is 5.75 Å². The number of nitrogens with zero attached hydrogens (tertiary/aromatic N) is 1. The molecule has 0 aliphatic rings. The summed E-state index contributed by atoms with van der Waals surface area (Å²) in [6.45, 7) is 3.70. The minimum absolute atomic E-state index is 0.0940. The first-order valence-corrected chi connectivity index (χ1v) is 8.79. The molecule has 3 aromatic rings. The first-order valence-electron chi connectivity index (χ1n) is 8.38. The average molecular weight is 381 g/mol. The zero-order valence-electron chi connectivity index (χ0n) is 14.9. The normalized spacial score (nSPS) is 11.5. The van der Waals surface area contributed by atoms with Crippen molar-refractivity contribution >= 4 is 28.9 Å². The number of carbonyl (C=O) groups excluding carboxylic acids is 1. The number of benzene rings is 2. The summed E-state index contributed by atoms with van der Waals surface area (Å²) in [5, 5.41) is 9.34. The van der Waals surface area contributed by atoms with E-state index in [1.54, 1.807) is 6.92 Å². The molecule has 1 heterocycles. The summed E-state index contributed by atoms with van der Waals surface area (Å²) in [7, 11) is 0. The fourth-order valence-corrected chi connectivity index (χ4v) is 2.66. The number of aryl methyl sites for hydroxylation is 1. The lowest BCUT2D eigenvalue weighted by atomic mass is 10.1. The molecule has 3 rings (SSSR count). The molecule has 138 valence electrons. The molecule has 0 spiro atoms. The summed E-state index contributed by atoms with van der Waals surface area (Å²) in [4.78, 5) is 12.0. The molecule has 0 aliphatic heterocycles. The number of thiocarbonyl (C=S) groups is 1. The van der Waals surface area contributed by atoms with E-state index in [2.05, 4.69) is 15.8 Å². The summed E-state index contributed by atoms with van der Waals surface area (Å²) in [5.41, 5.74) is 1.96. The summed E-state index contributed by atoms with van der Waals surface area (Å²) in [6.07, 6.45) is -0.0940. The van der Waals surface area contributed by atoms with Gasteiger partial charge in [-0.3, -0.25) is 10.1 Å². The Morgan fingerprint density at radius 2 is 1.93 bits per heavy atom. The maximum absolute atomic E-state index is 12.0. The topological polar surface area (TPSA) is 76.4 Å². The van der Waals surface area contributed by atoms with Crippen molar-refractivity contribution in [2.24, 2.45) is 0 Å². The van der Waals surface area contributed by atoms with Gasteiger partial charge in [0.1, 0.15) is 17.6 Å². The van der Waals surface area contributed by atoms with Crippen LogP contribution in [0.3, 0.4) is 0 Å². The average Bonchev–Trinajstić information content (AvgIpc) is 3.09. The molecule has 1 amide bonds. The quantitative estimate of drug-likeness (QED) is 0.644. The van der Waals surface area contributed by atoms with Crippen molar-refractivity contribution in [2.45, 2.75) is 20.0 Å². The van der Waals surface area contributed by atoms with Gasteiger partial charge in [-0.05, 0) is 43.8 Å². The van der Waals surface area contributed by atoms with Gasteiger partial charge < -0.3 is 14.6 Å². The predicted octanol–water partition coefficient (Wildman–Crippen LogP) is 4.25. The van der Waals surface area contributed by atoms with Crippen LogP contribution in [0, 0.1) is 6.92 Å². The molecule has 0 saturated carbocycles. The van der Waals surface area contributed by atoms with E-state index in [0.29, 0.717) is 17.2 Å². The summed E-state index contributed by atoms with van der Waals surface area (Å²) >= 11 is 5.18. The Hall–Kier alpha value is -3.19. The van der Waals surface area contributed by atoms with Crippen LogP contribution in [0.2, 0.25) is 0 Å². The number of anilines is 1. The summed E-state index contributed by atoms with van der Waals surface area (Å²) in [5.74, 6) is 0.809. The van der Waals surface area contributed by atoms with E-state index in [-0.39, 0.29) is 16.9 Å². The molecule has 1 atom stereocenters. The zero-order valence-corrected chi connectivity index (χ0v) is 15.7. The first-order chi connectivity index (χ1) is 13.0. The van der Waals surface area contributed by atoms with Crippen LogP contribution in [-0.2, 0) is 0 Å². The number of aromatic nitrogens is 1. The maximum Gasteiger partial charge on any atom is 0.279 e. The van der Waals surface area contributed by atoms with Crippen LogP contribution in [0.25, 0.3) is 0 Å². The molecule has 0 bridgehead atoms. The van der Waals surface area contributed by atoms with Crippen molar-refractivity contribution in [3.8, 4) is 5.75 Å². The van der Waals surface area contributed by atoms with Gasteiger partial charge in [0.05, 0.1) is 0 Å². The van der Waals surface area contributed by atoms with Crippen LogP contribution in [-0.4, -0.2) is 16.2 Å². The first kappa shape index (κ1) is 18.6. The fourth-order valence-electron chi connectivity index (χ4n) is 2.45. The molecule has 0 aliphatic carbocycles. The molecular weight excluding hydrogens is 362 g/mol. The van der Waals surface area contributed by atoms with Crippen LogP contribution in [0.4, 0.5) is 5.69 Å². The number of carbonyl (C=O) groups is 1. The highest BCUT2D eigenvalue weighted by molar-refractivity contribution is 7.80. The fraction of sp³-hybridized carbons (Fsp3) is 0.150. The predicted molar refractivity (Wildman–Crippen MR) is 107 cm³/mol. The molecule has 6 nitrogen and oxygen atoms in total. The summed E-state index contributed by atoms with van der Waals surface area (Å²) < 4.78 is 10.9. The molecule has 7 heteroatoms. The van der Waals surface area contributed by atoms with E-state index in [1.807, 2.05) is 61.5 Å². The highest BCUT2D eigenvalue weighted by atomic mass is 32.1. The van der Waals surface area contributed by atoms with Crippen molar-refractivity contribution in [1.29, 1.82) is 0 Å². The lowest BCUT2D eigenvalue weighted by Gasteiger charge is -2.16. The molecular formula is C20H19N3O3S. The zero-order chi connectivity index (χ0) is 19.2.